The van der Waals surface area contributed by atoms with E-state index in [2.05, 4.69) is 13.8 Å². The predicted molar refractivity (Wildman–Crippen MR) is 46.3 cm³/mol. The molecule has 11 heavy (non-hydrogen) atoms. The van der Waals surface area contributed by atoms with E-state index in [1.165, 1.54) is 5.57 Å². The van der Waals surface area contributed by atoms with Crippen molar-refractivity contribution >= 4 is 5.78 Å². The number of hydrogen-bond donors (Lipinski definition) is 0. The third-order valence-corrected chi connectivity index (χ3v) is 2.40. The maximum absolute atomic E-state index is 11.1. The van der Waals surface area contributed by atoms with Crippen LogP contribution in [0.3, 0.4) is 0 Å². The Hall–Kier alpha value is -0.590. The maximum Gasteiger partial charge on any atom is 0.155 e. The Morgan fingerprint density at radius 3 is 2.55 bits per heavy atom. The van der Waals surface area contributed by atoms with Gasteiger partial charge in [-0.05, 0) is 31.3 Å². The molecule has 0 fully saturated rings. The van der Waals surface area contributed by atoms with Crippen LogP contribution < -0.4 is 0 Å². The molecule has 0 aromatic rings. The van der Waals surface area contributed by atoms with Gasteiger partial charge in [-0.25, -0.2) is 0 Å². The van der Waals surface area contributed by atoms with Crippen molar-refractivity contribution in [1.82, 2.24) is 0 Å². The van der Waals surface area contributed by atoms with Gasteiger partial charge in [0.05, 0.1) is 0 Å². The van der Waals surface area contributed by atoms with Crippen LogP contribution in [0.5, 0.6) is 0 Å². The van der Waals surface area contributed by atoms with Crippen molar-refractivity contribution in [3.63, 3.8) is 0 Å². The molecule has 1 rings (SSSR count). The molecule has 1 aliphatic rings. The fourth-order valence-electron chi connectivity index (χ4n) is 1.61. The van der Waals surface area contributed by atoms with E-state index in [1.807, 2.05) is 6.92 Å². The molecule has 0 aromatic carbocycles. The highest BCUT2D eigenvalue weighted by molar-refractivity contribution is 5.91. The molecule has 62 valence electrons. The molecule has 0 radical (unpaired) electrons. The fourth-order valence-corrected chi connectivity index (χ4v) is 1.61. The van der Waals surface area contributed by atoms with Crippen LogP contribution in [0.4, 0.5) is 0 Å². The van der Waals surface area contributed by atoms with Crippen LogP contribution in [0, 0.1) is 11.8 Å². The lowest BCUT2D eigenvalue weighted by Gasteiger charge is -2.23. The molecule has 0 N–H and O–H groups in total. The van der Waals surface area contributed by atoms with Crippen LogP contribution in [0.1, 0.15) is 33.6 Å². The summed E-state index contributed by atoms with van der Waals surface area (Å²) in [5, 5.41) is 0. The average Bonchev–Trinajstić information content (AvgIpc) is 1.85. The summed E-state index contributed by atoms with van der Waals surface area (Å²) in [5.41, 5.74) is 1.25. The number of carbonyl (C=O) groups excluding carboxylic acids is 1. The number of rotatable bonds is 1. The molecule has 0 amide bonds. The smallest absolute Gasteiger partial charge is 0.155 e. The highest BCUT2D eigenvalue weighted by atomic mass is 16.1. The Labute approximate surface area is 68.5 Å². The van der Waals surface area contributed by atoms with Crippen molar-refractivity contribution < 1.29 is 4.79 Å². The van der Waals surface area contributed by atoms with Gasteiger partial charge in [-0.2, -0.15) is 0 Å². The van der Waals surface area contributed by atoms with E-state index < -0.39 is 0 Å². The molecule has 1 heteroatoms. The molecule has 0 heterocycles. The quantitative estimate of drug-likeness (QED) is 0.564. The second-order valence-electron chi connectivity index (χ2n) is 3.87. The Morgan fingerprint density at radius 2 is 2.09 bits per heavy atom. The van der Waals surface area contributed by atoms with Crippen molar-refractivity contribution in [3.05, 3.63) is 11.6 Å². The fraction of sp³-hybridized carbons (Fsp3) is 0.700. The molecule has 0 spiro atoms. The number of carbonyl (C=O) groups is 1. The van der Waals surface area contributed by atoms with Crippen molar-refractivity contribution in [1.29, 1.82) is 0 Å². The number of hydrogen-bond acceptors (Lipinski definition) is 1. The van der Waals surface area contributed by atoms with Gasteiger partial charge in [0.1, 0.15) is 0 Å². The van der Waals surface area contributed by atoms with Crippen LogP contribution in [0.15, 0.2) is 11.6 Å². The first kappa shape index (κ1) is 8.51. The molecular weight excluding hydrogens is 136 g/mol. The van der Waals surface area contributed by atoms with Crippen LogP contribution >= 0.6 is 0 Å². The standard InChI is InChI=1S/C10H16O/c1-7(2)9-4-8(3)5-10(11)6-9/h5,7,9H,4,6H2,1-3H3/t9-/m1/s1. The SMILES string of the molecule is CC1=CC(=O)C[C@H](C(C)C)C1. The average molecular weight is 152 g/mol. The van der Waals surface area contributed by atoms with Crippen LogP contribution in [-0.4, -0.2) is 5.78 Å². The highest BCUT2D eigenvalue weighted by Crippen LogP contribution is 2.27. The maximum atomic E-state index is 11.1. The lowest BCUT2D eigenvalue weighted by atomic mass is 9.81. The predicted octanol–water partition coefficient (Wildman–Crippen LogP) is 2.57. The van der Waals surface area contributed by atoms with E-state index in [9.17, 15) is 4.79 Å². The second-order valence-corrected chi connectivity index (χ2v) is 3.87. The topological polar surface area (TPSA) is 17.1 Å². The van der Waals surface area contributed by atoms with Gasteiger partial charge >= 0.3 is 0 Å². The second kappa shape index (κ2) is 3.21. The first-order valence-corrected chi connectivity index (χ1v) is 4.29. The van der Waals surface area contributed by atoms with Gasteiger partial charge in [0.15, 0.2) is 5.78 Å². The molecule has 0 aromatic heterocycles. The monoisotopic (exact) mass is 152 g/mol. The van der Waals surface area contributed by atoms with Gasteiger partial charge < -0.3 is 0 Å². The van der Waals surface area contributed by atoms with Crippen molar-refractivity contribution in [2.75, 3.05) is 0 Å². The Morgan fingerprint density at radius 1 is 1.45 bits per heavy atom. The minimum absolute atomic E-state index is 0.312. The minimum atomic E-state index is 0.312. The summed E-state index contributed by atoms with van der Waals surface area (Å²) >= 11 is 0. The largest absolute Gasteiger partial charge is 0.295 e. The van der Waals surface area contributed by atoms with Crippen molar-refractivity contribution in [2.24, 2.45) is 11.8 Å². The number of ketones is 1. The first-order chi connectivity index (χ1) is 5.09. The Bertz CT molecular complexity index is 189. The zero-order chi connectivity index (χ0) is 8.43. The lowest BCUT2D eigenvalue weighted by Crippen LogP contribution is -2.17. The summed E-state index contributed by atoms with van der Waals surface area (Å²) in [4.78, 5) is 11.1. The van der Waals surface area contributed by atoms with Gasteiger partial charge in [-0.1, -0.05) is 19.4 Å². The van der Waals surface area contributed by atoms with E-state index in [0.29, 0.717) is 17.6 Å². The number of allylic oxidation sites excluding steroid dienone is 2. The zero-order valence-electron chi connectivity index (χ0n) is 7.55. The van der Waals surface area contributed by atoms with Gasteiger partial charge in [-0.3, -0.25) is 4.79 Å². The van der Waals surface area contributed by atoms with Crippen LogP contribution in [0.25, 0.3) is 0 Å². The molecule has 0 unspecified atom stereocenters. The zero-order valence-corrected chi connectivity index (χ0v) is 7.55. The van der Waals surface area contributed by atoms with E-state index in [0.717, 1.165) is 12.8 Å². The molecule has 1 atom stereocenters. The molecule has 0 saturated heterocycles. The van der Waals surface area contributed by atoms with Crippen molar-refractivity contribution in [3.8, 4) is 0 Å². The summed E-state index contributed by atoms with van der Waals surface area (Å²) in [6.07, 6.45) is 3.66. The van der Waals surface area contributed by atoms with E-state index in [-0.39, 0.29) is 0 Å². The minimum Gasteiger partial charge on any atom is -0.295 e. The third-order valence-electron chi connectivity index (χ3n) is 2.40. The first-order valence-electron chi connectivity index (χ1n) is 4.29. The molecule has 0 saturated carbocycles. The molecule has 1 aliphatic carbocycles. The summed E-state index contributed by atoms with van der Waals surface area (Å²) in [6, 6.07) is 0. The van der Waals surface area contributed by atoms with Crippen LogP contribution in [-0.2, 0) is 4.79 Å². The third kappa shape index (κ3) is 2.18. The molecule has 0 bridgehead atoms. The highest BCUT2D eigenvalue weighted by Gasteiger charge is 2.20. The van der Waals surface area contributed by atoms with Crippen molar-refractivity contribution in [2.45, 2.75) is 33.6 Å². The van der Waals surface area contributed by atoms with Crippen LogP contribution in [0.2, 0.25) is 0 Å². The Balaban J connectivity index is 2.64. The summed E-state index contributed by atoms with van der Waals surface area (Å²) in [5.74, 6) is 1.54. The molecular formula is C10H16O. The van der Waals surface area contributed by atoms with E-state index in [4.69, 9.17) is 0 Å². The van der Waals surface area contributed by atoms with E-state index in [1.54, 1.807) is 6.08 Å². The van der Waals surface area contributed by atoms with E-state index >= 15 is 0 Å². The van der Waals surface area contributed by atoms with Gasteiger partial charge in [0.25, 0.3) is 0 Å². The Kier molecular flexibility index (Phi) is 2.48. The van der Waals surface area contributed by atoms with Gasteiger partial charge in [-0.15, -0.1) is 0 Å². The van der Waals surface area contributed by atoms with Gasteiger partial charge in [0, 0.05) is 6.42 Å². The lowest BCUT2D eigenvalue weighted by molar-refractivity contribution is -0.116. The summed E-state index contributed by atoms with van der Waals surface area (Å²) in [7, 11) is 0. The normalized spacial score (nSPS) is 25.6. The summed E-state index contributed by atoms with van der Waals surface area (Å²) < 4.78 is 0. The summed E-state index contributed by atoms with van der Waals surface area (Å²) in [6.45, 7) is 6.43. The molecule has 0 aliphatic heterocycles. The van der Waals surface area contributed by atoms with Gasteiger partial charge in [0.2, 0.25) is 0 Å². The molecule has 1 nitrogen and oxygen atoms in total.